The molecule has 0 aliphatic carbocycles. The van der Waals surface area contributed by atoms with Gasteiger partial charge in [0.2, 0.25) is 5.91 Å². The van der Waals surface area contributed by atoms with E-state index >= 15 is 0 Å². The number of amides is 1. The number of likely N-dealkylation sites (tertiary alicyclic amines) is 1. The maximum atomic E-state index is 12.7. The third-order valence-corrected chi connectivity index (χ3v) is 4.68. The minimum Gasteiger partial charge on any atom is -0.481 e. The number of carbonyl (C=O) groups excluding carboxylic acids is 1. The number of hydrogen-bond acceptors (Lipinski definition) is 4. The fourth-order valence-electron chi connectivity index (χ4n) is 3.61. The van der Waals surface area contributed by atoms with E-state index in [1.165, 1.54) is 0 Å². The van der Waals surface area contributed by atoms with Crippen LogP contribution < -0.4 is 0 Å². The molecule has 2 heterocycles. The summed E-state index contributed by atoms with van der Waals surface area (Å²) in [7, 11) is 0. The Morgan fingerprint density at radius 3 is 2.48 bits per heavy atom. The summed E-state index contributed by atoms with van der Waals surface area (Å²) in [5.74, 6) is -0.793. The van der Waals surface area contributed by atoms with E-state index in [1.807, 2.05) is 6.92 Å². The Bertz CT molecular complexity index is 391. The lowest BCUT2D eigenvalue weighted by Crippen LogP contribution is -2.54. The van der Waals surface area contributed by atoms with E-state index in [-0.39, 0.29) is 24.5 Å². The van der Waals surface area contributed by atoms with Crippen LogP contribution in [0.2, 0.25) is 0 Å². The number of rotatable bonds is 4. The summed E-state index contributed by atoms with van der Waals surface area (Å²) in [6, 6.07) is 0.700. The zero-order valence-electron chi connectivity index (χ0n) is 13.1. The van der Waals surface area contributed by atoms with E-state index < -0.39 is 5.97 Å². The van der Waals surface area contributed by atoms with Gasteiger partial charge in [0, 0.05) is 25.2 Å². The van der Waals surface area contributed by atoms with E-state index in [0.29, 0.717) is 31.8 Å². The molecule has 0 aromatic rings. The first-order valence-electron chi connectivity index (χ1n) is 7.79. The van der Waals surface area contributed by atoms with Crippen LogP contribution in [0.15, 0.2) is 0 Å². The molecule has 4 unspecified atom stereocenters. The first kappa shape index (κ1) is 16.2. The highest BCUT2D eigenvalue weighted by Crippen LogP contribution is 2.27. The maximum Gasteiger partial charge on any atom is 0.306 e. The molecule has 2 saturated heterocycles. The van der Waals surface area contributed by atoms with E-state index in [4.69, 9.17) is 9.84 Å². The lowest BCUT2D eigenvalue weighted by molar-refractivity contribution is -0.150. The molecule has 0 saturated carbocycles. The number of ether oxygens (including phenoxy) is 1. The van der Waals surface area contributed by atoms with Crippen LogP contribution >= 0.6 is 0 Å². The number of carboxylic acids is 1. The van der Waals surface area contributed by atoms with Crippen LogP contribution in [0.5, 0.6) is 0 Å². The first-order chi connectivity index (χ1) is 9.90. The van der Waals surface area contributed by atoms with Crippen LogP contribution in [-0.2, 0) is 14.3 Å². The first-order valence-corrected chi connectivity index (χ1v) is 7.79. The predicted molar refractivity (Wildman–Crippen MR) is 78.0 cm³/mol. The largest absolute Gasteiger partial charge is 0.481 e. The summed E-state index contributed by atoms with van der Waals surface area (Å²) in [6.07, 6.45) is 1.82. The van der Waals surface area contributed by atoms with Crippen LogP contribution in [0, 0.1) is 0 Å². The Hall–Kier alpha value is -1.14. The molecule has 6 nitrogen and oxygen atoms in total. The molecule has 120 valence electrons. The molecule has 0 radical (unpaired) electrons. The van der Waals surface area contributed by atoms with Crippen LogP contribution in [0.1, 0.15) is 40.0 Å². The minimum atomic E-state index is -0.885. The van der Waals surface area contributed by atoms with Gasteiger partial charge in [0.25, 0.3) is 0 Å². The van der Waals surface area contributed by atoms with Crippen LogP contribution in [0.4, 0.5) is 0 Å². The Balaban J connectivity index is 1.96. The van der Waals surface area contributed by atoms with Gasteiger partial charge < -0.3 is 14.7 Å². The van der Waals surface area contributed by atoms with Gasteiger partial charge in [0.05, 0.1) is 25.2 Å². The predicted octanol–water partition coefficient (Wildman–Crippen LogP) is 0.950. The van der Waals surface area contributed by atoms with E-state index in [2.05, 4.69) is 18.7 Å². The van der Waals surface area contributed by atoms with Crippen molar-refractivity contribution in [3.8, 4) is 0 Å². The fraction of sp³-hybridized carbons (Fsp3) is 0.867. The Kier molecular flexibility index (Phi) is 5.22. The Labute approximate surface area is 126 Å². The zero-order valence-corrected chi connectivity index (χ0v) is 13.1. The average Bonchev–Trinajstić information content (AvgIpc) is 2.76. The maximum absolute atomic E-state index is 12.7. The van der Waals surface area contributed by atoms with Gasteiger partial charge in [-0.2, -0.15) is 0 Å². The highest BCUT2D eigenvalue weighted by Gasteiger charge is 2.37. The van der Waals surface area contributed by atoms with Crippen LogP contribution in [0.25, 0.3) is 0 Å². The van der Waals surface area contributed by atoms with Crippen LogP contribution in [-0.4, -0.2) is 70.7 Å². The molecule has 4 atom stereocenters. The monoisotopic (exact) mass is 298 g/mol. The normalized spacial score (nSPS) is 32.1. The van der Waals surface area contributed by atoms with E-state index in [0.717, 1.165) is 12.8 Å². The second kappa shape index (κ2) is 6.75. The second-order valence-electron chi connectivity index (χ2n) is 6.27. The SMILES string of the molecule is CC1CCC(C)N1C(C)C(=O)N1CCOC(CC(=O)O)C1. The molecular weight excluding hydrogens is 272 g/mol. The summed E-state index contributed by atoms with van der Waals surface area (Å²) in [5.41, 5.74) is 0. The van der Waals surface area contributed by atoms with Crippen molar-refractivity contribution in [1.82, 2.24) is 9.80 Å². The standard InChI is InChI=1S/C15H26N2O4/c1-10-4-5-11(2)17(10)12(3)15(20)16-6-7-21-13(9-16)8-14(18)19/h10-13H,4-9H2,1-3H3,(H,18,19). The molecule has 0 bridgehead atoms. The summed E-state index contributed by atoms with van der Waals surface area (Å²) in [5, 5.41) is 8.85. The van der Waals surface area contributed by atoms with Crippen molar-refractivity contribution in [2.24, 2.45) is 0 Å². The van der Waals surface area contributed by atoms with E-state index in [1.54, 1.807) is 4.90 Å². The number of morpholine rings is 1. The highest BCUT2D eigenvalue weighted by atomic mass is 16.5. The van der Waals surface area contributed by atoms with Crippen LogP contribution in [0.3, 0.4) is 0 Å². The molecule has 2 rings (SSSR count). The van der Waals surface area contributed by atoms with Crippen molar-refractivity contribution >= 4 is 11.9 Å². The van der Waals surface area contributed by atoms with Crippen molar-refractivity contribution < 1.29 is 19.4 Å². The summed E-state index contributed by atoms with van der Waals surface area (Å²) < 4.78 is 5.43. The molecule has 1 amide bonds. The van der Waals surface area contributed by atoms with Gasteiger partial charge in [0.1, 0.15) is 0 Å². The van der Waals surface area contributed by atoms with Gasteiger partial charge in [-0.3, -0.25) is 14.5 Å². The van der Waals surface area contributed by atoms with Crippen molar-refractivity contribution in [3.63, 3.8) is 0 Å². The highest BCUT2D eigenvalue weighted by molar-refractivity contribution is 5.82. The Morgan fingerprint density at radius 1 is 1.29 bits per heavy atom. The number of carboxylic acid groups (broad SMARTS) is 1. The van der Waals surface area contributed by atoms with Crippen molar-refractivity contribution in [2.75, 3.05) is 19.7 Å². The number of hydrogen-bond donors (Lipinski definition) is 1. The van der Waals surface area contributed by atoms with Gasteiger partial charge in [-0.05, 0) is 33.6 Å². The number of carbonyl (C=O) groups is 2. The quantitative estimate of drug-likeness (QED) is 0.837. The van der Waals surface area contributed by atoms with Crippen molar-refractivity contribution in [1.29, 1.82) is 0 Å². The Morgan fingerprint density at radius 2 is 1.90 bits per heavy atom. The van der Waals surface area contributed by atoms with Gasteiger partial charge in [-0.15, -0.1) is 0 Å². The molecule has 0 aromatic carbocycles. The average molecular weight is 298 g/mol. The van der Waals surface area contributed by atoms with Gasteiger partial charge in [-0.25, -0.2) is 0 Å². The lowest BCUT2D eigenvalue weighted by atomic mass is 10.1. The topological polar surface area (TPSA) is 70.1 Å². The third kappa shape index (κ3) is 3.74. The zero-order chi connectivity index (χ0) is 15.6. The molecular formula is C15H26N2O4. The fourth-order valence-corrected chi connectivity index (χ4v) is 3.61. The molecule has 0 spiro atoms. The minimum absolute atomic E-state index is 0.0469. The lowest BCUT2D eigenvalue weighted by Gasteiger charge is -2.38. The van der Waals surface area contributed by atoms with Crippen molar-refractivity contribution in [3.05, 3.63) is 0 Å². The molecule has 2 aliphatic heterocycles. The van der Waals surface area contributed by atoms with Crippen molar-refractivity contribution in [2.45, 2.75) is 64.3 Å². The second-order valence-corrected chi connectivity index (χ2v) is 6.27. The summed E-state index contributed by atoms with van der Waals surface area (Å²) in [6.45, 7) is 7.64. The molecule has 2 fully saturated rings. The molecule has 0 aromatic heterocycles. The van der Waals surface area contributed by atoms with Gasteiger partial charge in [-0.1, -0.05) is 0 Å². The molecule has 1 N–H and O–H groups in total. The summed E-state index contributed by atoms with van der Waals surface area (Å²) in [4.78, 5) is 27.5. The van der Waals surface area contributed by atoms with E-state index in [9.17, 15) is 9.59 Å². The van der Waals surface area contributed by atoms with Gasteiger partial charge in [0.15, 0.2) is 0 Å². The molecule has 6 heteroatoms. The number of aliphatic carboxylic acids is 1. The smallest absolute Gasteiger partial charge is 0.306 e. The number of nitrogens with zero attached hydrogens (tertiary/aromatic N) is 2. The third-order valence-electron chi connectivity index (χ3n) is 4.68. The molecule has 21 heavy (non-hydrogen) atoms. The van der Waals surface area contributed by atoms with Gasteiger partial charge >= 0.3 is 5.97 Å². The summed E-state index contributed by atoms with van der Waals surface area (Å²) >= 11 is 0. The molecule has 2 aliphatic rings.